The Bertz CT molecular complexity index is 1180. The van der Waals surface area contributed by atoms with Gasteiger partial charge in [0.2, 0.25) is 0 Å². The van der Waals surface area contributed by atoms with Gasteiger partial charge in [0.25, 0.3) is 5.91 Å². The number of aliphatic carboxylic acids is 2. The molecule has 9 heteroatoms. The minimum Gasteiger partial charge on any atom is -0.508 e. The average molecular weight is 516 g/mol. The molecule has 2 fully saturated rings. The average Bonchev–Trinajstić information content (AvgIpc) is 3.36. The summed E-state index contributed by atoms with van der Waals surface area (Å²) in [5, 5.41) is 40.8. The van der Waals surface area contributed by atoms with Crippen molar-refractivity contribution in [2.45, 2.75) is 96.9 Å². The molecule has 1 spiro atoms. The first-order valence-corrected chi connectivity index (χ1v) is 13.2. The minimum atomic E-state index is -1.29. The second-order valence-electron chi connectivity index (χ2n) is 12.4. The number of hydrogen-bond acceptors (Lipinski definition) is 6. The molecule has 37 heavy (non-hydrogen) atoms. The molecule has 0 radical (unpaired) electrons. The van der Waals surface area contributed by atoms with Crippen LogP contribution in [0.25, 0.3) is 0 Å². The lowest BCUT2D eigenvalue weighted by Gasteiger charge is -2.64. The number of nitrogens with zero attached hydrogens (tertiary/aromatic N) is 1. The molecule has 202 valence electrons. The molecule has 2 aliphatic heterocycles. The number of benzene rings is 1. The molecule has 0 bridgehead atoms. The van der Waals surface area contributed by atoms with E-state index in [0.717, 1.165) is 19.3 Å². The van der Waals surface area contributed by atoms with Crippen LogP contribution in [-0.2, 0) is 22.6 Å². The lowest BCUT2D eigenvalue weighted by molar-refractivity contribution is -0.210. The van der Waals surface area contributed by atoms with Crippen LogP contribution in [0.15, 0.2) is 6.07 Å². The maximum Gasteiger partial charge on any atom is 0.326 e. The van der Waals surface area contributed by atoms with Gasteiger partial charge >= 0.3 is 11.9 Å². The number of carbonyl (C=O) groups excluding carboxylic acids is 1. The summed E-state index contributed by atoms with van der Waals surface area (Å²) in [6.07, 6.45) is 2.83. The van der Waals surface area contributed by atoms with E-state index in [9.17, 15) is 29.7 Å². The van der Waals surface area contributed by atoms with Crippen molar-refractivity contribution in [3.05, 3.63) is 22.8 Å². The number of amides is 1. The number of aromatic hydroxyl groups is 1. The van der Waals surface area contributed by atoms with Gasteiger partial charge in [0.05, 0.1) is 18.2 Å². The van der Waals surface area contributed by atoms with Gasteiger partial charge in [-0.05, 0) is 55.4 Å². The number of carboxylic acid groups (broad SMARTS) is 2. The van der Waals surface area contributed by atoms with E-state index in [1.165, 1.54) is 11.0 Å². The summed E-state index contributed by atoms with van der Waals surface area (Å²) < 4.78 is 6.95. The molecule has 6 atom stereocenters. The van der Waals surface area contributed by atoms with Gasteiger partial charge in [0, 0.05) is 29.4 Å². The normalized spacial score (nSPS) is 34.5. The number of fused-ring (bicyclic) bond motifs is 5. The number of aliphatic hydroxyl groups is 1. The highest BCUT2D eigenvalue weighted by Gasteiger charge is 2.67. The van der Waals surface area contributed by atoms with E-state index in [-0.39, 0.29) is 53.4 Å². The maximum atomic E-state index is 13.3. The third-order valence-corrected chi connectivity index (χ3v) is 10.4. The molecule has 5 rings (SSSR count). The van der Waals surface area contributed by atoms with Crippen LogP contribution in [0.5, 0.6) is 11.5 Å². The fraction of sp³-hybridized carbons (Fsp3) is 0.679. The highest BCUT2D eigenvalue weighted by molar-refractivity contribution is 6.02. The molecule has 2 saturated carbocycles. The first-order valence-electron chi connectivity index (χ1n) is 13.2. The zero-order valence-electron chi connectivity index (χ0n) is 21.9. The molecule has 1 amide bonds. The summed E-state index contributed by atoms with van der Waals surface area (Å²) in [5.74, 6) is -2.14. The number of rotatable bonds is 5. The Hall–Kier alpha value is -2.81. The predicted molar refractivity (Wildman–Crippen MR) is 132 cm³/mol. The van der Waals surface area contributed by atoms with Gasteiger partial charge < -0.3 is 30.1 Å². The van der Waals surface area contributed by atoms with E-state index in [1.807, 2.05) is 0 Å². The van der Waals surface area contributed by atoms with Crippen molar-refractivity contribution in [1.29, 1.82) is 0 Å². The molecule has 1 aromatic rings. The summed E-state index contributed by atoms with van der Waals surface area (Å²) >= 11 is 0. The molecule has 4 aliphatic rings. The summed E-state index contributed by atoms with van der Waals surface area (Å²) in [5.41, 5.74) is 0.202. The number of aliphatic hydroxyl groups excluding tert-OH is 1. The monoisotopic (exact) mass is 515 g/mol. The third-order valence-electron chi connectivity index (χ3n) is 10.4. The van der Waals surface area contributed by atoms with E-state index in [0.29, 0.717) is 29.7 Å². The molecule has 2 heterocycles. The Balaban J connectivity index is 1.55. The highest BCUT2D eigenvalue weighted by atomic mass is 16.5. The SMILES string of the molecule is C[C@H]1CC[C@@H]2C(C)(C)[C@@H](O)CC[C@]2(C)[C@]12Cc1c(O)cc3c(c1O2)CN([C@@H](CCC(=O)O)C(=O)O)C3=O. The standard InChI is InChI=1S/C28H37NO8/c1-14-5-7-20-26(2,3)21(31)9-10-27(20,4)28(14)12-16-19(30)11-15-17(23(16)37-28)13-29(24(15)34)18(25(35)36)6-8-22(32)33/h11,14,18,20-21,30-31H,5-10,12-13H2,1-4H3,(H,32,33)(H,35,36)/t14-,18-,20+,21-,27-,28-/m0/s1. The molecule has 1 aromatic carbocycles. The van der Waals surface area contributed by atoms with Crippen LogP contribution in [0.3, 0.4) is 0 Å². The summed E-state index contributed by atoms with van der Waals surface area (Å²) in [7, 11) is 0. The molecule has 2 aliphatic carbocycles. The second kappa shape index (κ2) is 8.35. The third kappa shape index (κ3) is 3.49. The van der Waals surface area contributed by atoms with Crippen LogP contribution < -0.4 is 4.74 Å². The molecule has 0 unspecified atom stereocenters. The van der Waals surface area contributed by atoms with Gasteiger partial charge in [-0.15, -0.1) is 0 Å². The minimum absolute atomic E-state index is 0.0117. The second-order valence-corrected chi connectivity index (χ2v) is 12.4. The van der Waals surface area contributed by atoms with Crippen LogP contribution in [0, 0.1) is 22.7 Å². The molecule has 9 nitrogen and oxygen atoms in total. The summed E-state index contributed by atoms with van der Waals surface area (Å²) in [4.78, 5) is 37.6. The number of ether oxygens (including phenoxy) is 1. The van der Waals surface area contributed by atoms with Gasteiger partial charge in [0.15, 0.2) is 0 Å². The van der Waals surface area contributed by atoms with Crippen molar-refractivity contribution in [3.63, 3.8) is 0 Å². The zero-order chi connectivity index (χ0) is 27.1. The van der Waals surface area contributed by atoms with Gasteiger partial charge in [-0.2, -0.15) is 0 Å². The van der Waals surface area contributed by atoms with Crippen molar-refractivity contribution in [1.82, 2.24) is 4.90 Å². The Morgan fingerprint density at radius 1 is 1.16 bits per heavy atom. The fourth-order valence-electron chi connectivity index (χ4n) is 8.22. The van der Waals surface area contributed by atoms with Gasteiger partial charge in [-0.25, -0.2) is 4.79 Å². The Kier molecular flexibility index (Phi) is 5.83. The first kappa shape index (κ1) is 25.8. The Morgan fingerprint density at radius 3 is 2.51 bits per heavy atom. The Morgan fingerprint density at radius 2 is 1.86 bits per heavy atom. The quantitative estimate of drug-likeness (QED) is 0.466. The first-order chi connectivity index (χ1) is 17.2. The maximum absolute atomic E-state index is 13.3. The smallest absolute Gasteiger partial charge is 0.326 e. The summed E-state index contributed by atoms with van der Waals surface area (Å²) in [6, 6.07) is 0.122. The van der Waals surface area contributed by atoms with E-state index < -0.39 is 35.6 Å². The predicted octanol–water partition coefficient (Wildman–Crippen LogP) is 3.57. The number of carbonyl (C=O) groups is 3. The number of phenolic OH excluding ortho intramolecular Hbond substituents is 1. The van der Waals surface area contributed by atoms with Crippen molar-refractivity contribution < 1.29 is 39.5 Å². The van der Waals surface area contributed by atoms with E-state index in [2.05, 4.69) is 27.7 Å². The van der Waals surface area contributed by atoms with Gasteiger partial charge in [0.1, 0.15) is 23.1 Å². The van der Waals surface area contributed by atoms with Crippen LogP contribution >= 0.6 is 0 Å². The van der Waals surface area contributed by atoms with Crippen LogP contribution in [0.4, 0.5) is 0 Å². The van der Waals surface area contributed by atoms with Crippen molar-refractivity contribution >= 4 is 17.8 Å². The fourth-order valence-corrected chi connectivity index (χ4v) is 8.22. The van der Waals surface area contributed by atoms with Crippen LogP contribution in [0.1, 0.15) is 87.7 Å². The largest absolute Gasteiger partial charge is 0.508 e. The lowest BCUT2D eigenvalue weighted by Crippen LogP contribution is -2.66. The molecular formula is C28H37NO8. The zero-order valence-corrected chi connectivity index (χ0v) is 21.9. The van der Waals surface area contributed by atoms with Crippen molar-refractivity contribution in [2.24, 2.45) is 22.7 Å². The molecule has 0 saturated heterocycles. The number of hydrogen-bond donors (Lipinski definition) is 4. The highest BCUT2D eigenvalue weighted by Crippen LogP contribution is 2.67. The molecular weight excluding hydrogens is 478 g/mol. The van der Waals surface area contributed by atoms with Crippen molar-refractivity contribution in [2.75, 3.05) is 0 Å². The molecule has 0 aromatic heterocycles. The topological polar surface area (TPSA) is 145 Å². The van der Waals surface area contributed by atoms with E-state index >= 15 is 0 Å². The Labute approximate surface area is 216 Å². The van der Waals surface area contributed by atoms with Gasteiger partial charge in [-0.3, -0.25) is 9.59 Å². The summed E-state index contributed by atoms with van der Waals surface area (Å²) in [6.45, 7) is 8.66. The lowest BCUT2D eigenvalue weighted by atomic mass is 9.43. The number of phenols is 1. The molecule has 4 N–H and O–H groups in total. The van der Waals surface area contributed by atoms with Crippen molar-refractivity contribution in [3.8, 4) is 11.5 Å². The van der Waals surface area contributed by atoms with Crippen LogP contribution in [-0.4, -0.2) is 60.9 Å². The number of carboxylic acids is 2. The van der Waals surface area contributed by atoms with Gasteiger partial charge in [-0.1, -0.05) is 27.7 Å². The van der Waals surface area contributed by atoms with E-state index in [4.69, 9.17) is 9.84 Å². The van der Waals surface area contributed by atoms with E-state index in [1.54, 1.807) is 0 Å². The van der Waals surface area contributed by atoms with Crippen LogP contribution in [0.2, 0.25) is 0 Å².